The SMILES string of the molecule is CCCCC/C=C/CC/C=C/CCCC(O)C(O)C(CO)NC(=O)CCCCCCCCCCCCC/C=C\C/C=C\CCCCCCCCCCC. The molecule has 1 amide bonds. The standard InChI is InChI=1S/C48H89NO4/c1-3-5-7-9-11-13-15-17-18-19-20-21-22-23-24-25-26-27-28-29-30-31-33-35-37-39-41-43-47(52)49-45(44-50)48(53)46(51)42-40-38-36-34-32-16-14-12-10-8-6-4-2/h12,14,20-21,23-24,34,36,45-46,48,50-51,53H,3-11,13,15-19,22,25-33,35,37-44H2,1-2H3,(H,49,52)/b14-12+,21-20-,24-23-,36-34+. The summed E-state index contributed by atoms with van der Waals surface area (Å²) in [6.07, 6.45) is 55.2. The minimum Gasteiger partial charge on any atom is -0.394 e. The van der Waals surface area contributed by atoms with Crippen molar-refractivity contribution in [2.45, 2.75) is 244 Å². The first-order valence-corrected chi connectivity index (χ1v) is 22.9. The van der Waals surface area contributed by atoms with Crippen molar-refractivity contribution in [2.24, 2.45) is 0 Å². The van der Waals surface area contributed by atoms with E-state index in [4.69, 9.17) is 0 Å². The zero-order valence-electron chi connectivity index (χ0n) is 35.1. The number of carbonyl (C=O) groups is 1. The lowest BCUT2D eigenvalue weighted by Gasteiger charge is -2.26. The van der Waals surface area contributed by atoms with Gasteiger partial charge in [-0.25, -0.2) is 0 Å². The summed E-state index contributed by atoms with van der Waals surface area (Å²) in [4.78, 5) is 12.4. The second-order valence-electron chi connectivity index (χ2n) is 15.6. The topological polar surface area (TPSA) is 89.8 Å². The molecule has 0 aliphatic rings. The van der Waals surface area contributed by atoms with E-state index in [-0.39, 0.29) is 12.5 Å². The van der Waals surface area contributed by atoms with Crippen LogP contribution in [0.3, 0.4) is 0 Å². The third-order valence-electron chi connectivity index (χ3n) is 10.4. The molecule has 310 valence electrons. The quantitative estimate of drug-likeness (QED) is 0.0371. The van der Waals surface area contributed by atoms with Crippen molar-refractivity contribution in [3.63, 3.8) is 0 Å². The van der Waals surface area contributed by atoms with Crippen molar-refractivity contribution in [3.05, 3.63) is 48.6 Å². The Morgan fingerprint density at radius 1 is 0.472 bits per heavy atom. The Hall–Kier alpha value is -1.69. The maximum atomic E-state index is 12.4. The third-order valence-corrected chi connectivity index (χ3v) is 10.4. The van der Waals surface area contributed by atoms with E-state index in [1.54, 1.807) is 0 Å². The highest BCUT2D eigenvalue weighted by Crippen LogP contribution is 2.15. The van der Waals surface area contributed by atoms with E-state index in [2.05, 4.69) is 67.8 Å². The van der Waals surface area contributed by atoms with E-state index < -0.39 is 18.2 Å². The Kier molecular flexibility index (Phi) is 41.7. The maximum Gasteiger partial charge on any atom is 0.220 e. The second-order valence-corrected chi connectivity index (χ2v) is 15.6. The molecule has 0 radical (unpaired) electrons. The van der Waals surface area contributed by atoms with Gasteiger partial charge < -0.3 is 20.6 Å². The molecule has 0 rings (SSSR count). The van der Waals surface area contributed by atoms with Crippen LogP contribution in [0.5, 0.6) is 0 Å². The molecule has 0 spiro atoms. The van der Waals surface area contributed by atoms with Crippen LogP contribution in [0.15, 0.2) is 48.6 Å². The van der Waals surface area contributed by atoms with Gasteiger partial charge in [-0.05, 0) is 83.5 Å². The molecule has 0 aliphatic heterocycles. The Bertz CT molecular complexity index is 866. The van der Waals surface area contributed by atoms with Crippen LogP contribution in [0, 0.1) is 0 Å². The number of hydrogen-bond acceptors (Lipinski definition) is 4. The number of aliphatic hydroxyl groups excluding tert-OH is 3. The summed E-state index contributed by atoms with van der Waals surface area (Å²) in [5.74, 6) is -0.162. The van der Waals surface area contributed by atoms with Crippen molar-refractivity contribution in [1.82, 2.24) is 5.32 Å². The smallest absolute Gasteiger partial charge is 0.220 e. The van der Waals surface area contributed by atoms with Gasteiger partial charge in [0.1, 0.15) is 6.10 Å². The maximum absolute atomic E-state index is 12.4. The average molecular weight is 744 g/mol. The Balaban J connectivity index is 3.61. The van der Waals surface area contributed by atoms with E-state index in [1.807, 2.05) is 0 Å². The number of unbranched alkanes of at least 4 members (excludes halogenated alkanes) is 25. The average Bonchev–Trinajstić information content (AvgIpc) is 3.16. The highest BCUT2D eigenvalue weighted by Gasteiger charge is 2.26. The molecule has 53 heavy (non-hydrogen) atoms. The van der Waals surface area contributed by atoms with E-state index in [0.717, 1.165) is 51.4 Å². The van der Waals surface area contributed by atoms with Crippen molar-refractivity contribution in [2.75, 3.05) is 6.61 Å². The zero-order chi connectivity index (χ0) is 38.7. The van der Waals surface area contributed by atoms with Gasteiger partial charge in [-0.15, -0.1) is 0 Å². The fourth-order valence-electron chi connectivity index (χ4n) is 6.80. The Morgan fingerprint density at radius 3 is 1.30 bits per heavy atom. The molecule has 5 heteroatoms. The molecule has 5 nitrogen and oxygen atoms in total. The van der Waals surface area contributed by atoms with Crippen LogP contribution in [0.1, 0.15) is 226 Å². The van der Waals surface area contributed by atoms with Crippen molar-refractivity contribution in [1.29, 1.82) is 0 Å². The molecule has 4 N–H and O–H groups in total. The van der Waals surface area contributed by atoms with Gasteiger partial charge in [0.15, 0.2) is 0 Å². The molecular formula is C48H89NO4. The van der Waals surface area contributed by atoms with Gasteiger partial charge in [-0.3, -0.25) is 4.79 Å². The summed E-state index contributed by atoms with van der Waals surface area (Å²) in [5.41, 5.74) is 0. The summed E-state index contributed by atoms with van der Waals surface area (Å²) >= 11 is 0. The highest BCUT2D eigenvalue weighted by molar-refractivity contribution is 5.76. The summed E-state index contributed by atoms with van der Waals surface area (Å²) in [6, 6.07) is -0.833. The van der Waals surface area contributed by atoms with Crippen LogP contribution in [0.25, 0.3) is 0 Å². The van der Waals surface area contributed by atoms with Crippen LogP contribution in [0.2, 0.25) is 0 Å². The monoisotopic (exact) mass is 744 g/mol. The van der Waals surface area contributed by atoms with Gasteiger partial charge in [0.25, 0.3) is 0 Å². The van der Waals surface area contributed by atoms with Gasteiger partial charge in [0.05, 0.1) is 18.8 Å². The van der Waals surface area contributed by atoms with Crippen LogP contribution < -0.4 is 5.32 Å². The lowest BCUT2D eigenvalue weighted by molar-refractivity contribution is -0.124. The summed E-state index contributed by atoms with van der Waals surface area (Å²) in [5, 5.41) is 33.4. The van der Waals surface area contributed by atoms with Crippen molar-refractivity contribution >= 4 is 5.91 Å². The van der Waals surface area contributed by atoms with Crippen LogP contribution in [-0.4, -0.2) is 46.1 Å². The van der Waals surface area contributed by atoms with Crippen LogP contribution >= 0.6 is 0 Å². The summed E-state index contributed by atoms with van der Waals surface area (Å²) in [6.45, 7) is 4.12. The largest absolute Gasteiger partial charge is 0.394 e. The minimum absolute atomic E-state index is 0.162. The summed E-state index contributed by atoms with van der Waals surface area (Å²) < 4.78 is 0. The van der Waals surface area contributed by atoms with Crippen LogP contribution in [0.4, 0.5) is 0 Å². The summed E-state index contributed by atoms with van der Waals surface area (Å²) in [7, 11) is 0. The normalized spacial score (nSPS) is 14.0. The molecule has 3 unspecified atom stereocenters. The van der Waals surface area contributed by atoms with Gasteiger partial charge in [-0.1, -0.05) is 184 Å². The number of allylic oxidation sites excluding steroid dienone is 8. The first-order valence-electron chi connectivity index (χ1n) is 22.9. The molecule has 0 bridgehead atoms. The molecule has 0 aromatic rings. The molecule has 0 saturated heterocycles. The Labute approximate surface area is 329 Å². The molecule has 0 aromatic heterocycles. The molecular weight excluding hydrogens is 655 g/mol. The number of hydrogen-bond donors (Lipinski definition) is 4. The second kappa shape index (κ2) is 43.0. The zero-order valence-corrected chi connectivity index (χ0v) is 35.1. The van der Waals surface area contributed by atoms with E-state index in [0.29, 0.717) is 12.8 Å². The molecule has 0 saturated carbocycles. The fraction of sp³-hybridized carbons (Fsp3) is 0.812. The predicted molar refractivity (Wildman–Crippen MR) is 231 cm³/mol. The van der Waals surface area contributed by atoms with Crippen molar-refractivity contribution in [3.8, 4) is 0 Å². The van der Waals surface area contributed by atoms with Gasteiger partial charge in [-0.2, -0.15) is 0 Å². The Morgan fingerprint density at radius 2 is 0.830 bits per heavy atom. The van der Waals surface area contributed by atoms with E-state index in [1.165, 1.54) is 148 Å². The molecule has 0 aliphatic carbocycles. The number of nitrogens with one attached hydrogen (secondary N) is 1. The first kappa shape index (κ1) is 51.3. The lowest BCUT2D eigenvalue weighted by atomic mass is 10.0. The third kappa shape index (κ3) is 38.4. The molecule has 0 heterocycles. The fourth-order valence-corrected chi connectivity index (χ4v) is 6.80. The highest BCUT2D eigenvalue weighted by atomic mass is 16.3. The number of carbonyl (C=O) groups excluding carboxylic acids is 1. The number of aliphatic hydroxyl groups is 3. The predicted octanol–water partition coefficient (Wildman–Crippen LogP) is 13.3. The lowest BCUT2D eigenvalue weighted by Crippen LogP contribution is -2.50. The molecule has 3 atom stereocenters. The number of amides is 1. The van der Waals surface area contributed by atoms with Crippen molar-refractivity contribution < 1.29 is 20.1 Å². The molecule has 0 aromatic carbocycles. The minimum atomic E-state index is -1.17. The molecule has 0 fully saturated rings. The number of rotatable bonds is 41. The van der Waals surface area contributed by atoms with Gasteiger partial charge in [0.2, 0.25) is 5.91 Å². The van der Waals surface area contributed by atoms with Gasteiger partial charge >= 0.3 is 0 Å². The first-order chi connectivity index (χ1) is 26.1. The van der Waals surface area contributed by atoms with E-state index >= 15 is 0 Å². The van der Waals surface area contributed by atoms with E-state index in [9.17, 15) is 20.1 Å². The van der Waals surface area contributed by atoms with Crippen LogP contribution in [-0.2, 0) is 4.79 Å². The van der Waals surface area contributed by atoms with Gasteiger partial charge in [0, 0.05) is 6.42 Å².